The number of carbonyl (C=O) groups is 2. The van der Waals surface area contributed by atoms with E-state index >= 15 is 0 Å². The summed E-state index contributed by atoms with van der Waals surface area (Å²) in [5.41, 5.74) is 0. The molecule has 0 aliphatic carbocycles. The Morgan fingerprint density at radius 1 is 1.28 bits per heavy atom. The molecule has 0 aromatic heterocycles. The van der Waals surface area contributed by atoms with Crippen LogP contribution in [-0.4, -0.2) is 60.4 Å². The molecule has 1 unspecified atom stereocenters. The van der Waals surface area contributed by atoms with Gasteiger partial charge < -0.3 is 19.5 Å². The molecule has 0 saturated carbocycles. The number of carboxylic acids is 1. The Labute approximate surface area is 106 Å². The van der Waals surface area contributed by atoms with Crippen LogP contribution in [0.1, 0.15) is 25.7 Å². The highest BCUT2D eigenvalue weighted by molar-refractivity contribution is 5.84. The average Bonchev–Trinajstić information content (AvgIpc) is 2.86. The Morgan fingerprint density at radius 3 is 2.67 bits per heavy atom. The number of amides is 1. The van der Waals surface area contributed by atoms with E-state index < -0.39 is 12.0 Å². The third kappa shape index (κ3) is 3.20. The summed E-state index contributed by atoms with van der Waals surface area (Å²) in [7, 11) is 0. The van der Waals surface area contributed by atoms with Gasteiger partial charge in [-0.3, -0.25) is 4.79 Å². The summed E-state index contributed by atoms with van der Waals surface area (Å²) >= 11 is 0. The molecule has 2 fully saturated rings. The Bertz CT molecular complexity index is 314. The molecule has 2 rings (SSSR count). The summed E-state index contributed by atoms with van der Waals surface area (Å²) in [5, 5.41) is 9.00. The van der Waals surface area contributed by atoms with Crippen molar-refractivity contribution < 1.29 is 24.2 Å². The minimum absolute atomic E-state index is 0.0194. The van der Waals surface area contributed by atoms with Crippen molar-refractivity contribution in [2.45, 2.75) is 37.8 Å². The second-order valence-electron chi connectivity index (χ2n) is 4.71. The predicted molar refractivity (Wildman–Crippen MR) is 62.2 cm³/mol. The summed E-state index contributed by atoms with van der Waals surface area (Å²) in [6.07, 6.45) is 2.96. The smallest absolute Gasteiger partial charge is 0.326 e. The van der Waals surface area contributed by atoms with E-state index in [0.717, 1.165) is 19.3 Å². The lowest BCUT2D eigenvalue weighted by atomic mass is 10.1. The van der Waals surface area contributed by atoms with Gasteiger partial charge in [0.2, 0.25) is 5.91 Å². The summed E-state index contributed by atoms with van der Waals surface area (Å²) in [6.45, 7) is 1.84. The number of rotatable bonds is 4. The Balaban J connectivity index is 1.78. The van der Waals surface area contributed by atoms with Gasteiger partial charge in [-0.1, -0.05) is 0 Å². The first-order valence-electron chi connectivity index (χ1n) is 6.40. The molecular weight excluding hydrogens is 238 g/mol. The minimum atomic E-state index is -0.924. The monoisotopic (exact) mass is 257 g/mol. The van der Waals surface area contributed by atoms with Gasteiger partial charge >= 0.3 is 5.97 Å². The van der Waals surface area contributed by atoms with Crippen LogP contribution in [-0.2, 0) is 19.1 Å². The van der Waals surface area contributed by atoms with Crippen LogP contribution in [0.4, 0.5) is 0 Å². The van der Waals surface area contributed by atoms with Gasteiger partial charge in [0, 0.05) is 19.8 Å². The van der Waals surface area contributed by atoms with Crippen LogP contribution in [0.3, 0.4) is 0 Å². The highest BCUT2D eigenvalue weighted by Gasteiger charge is 2.34. The van der Waals surface area contributed by atoms with Crippen LogP contribution in [0.2, 0.25) is 0 Å². The molecule has 2 aliphatic rings. The zero-order valence-electron chi connectivity index (χ0n) is 10.3. The third-order valence-corrected chi connectivity index (χ3v) is 3.47. The van der Waals surface area contributed by atoms with Crippen molar-refractivity contribution in [3.63, 3.8) is 0 Å². The van der Waals surface area contributed by atoms with E-state index in [-0.39, 0.29) is 18.6 Å². The molecule has 2 saturated heterocycles. The topological polar surface area (TPSA) is 76.1 Å². The van der Waals surface area contributed by atoms with E-state index in [4.69, 9.17) is 14.6 Å². The normalized spacial score (nSPS) is 25.3. The summed E-state index contributed by atoms with van der Waals surface area (Å²) in [4.78, 5) is 24.3. The van der Waals surface area contributed by atoms with Crippen LogP contribution >= 0.6 is 0 Å². The fraction of sp³-hybridized carbons (Fsp3) is 0.833. The molecule has 102 valence electrons. The first kappa shape index (κ1) is 13.3. The van der Waals surface area contributed by atoms with Crippen LogP contribution in [0.5, 0.6) is 0 Å². The standard InChI is InChI=1S/C12H19NO5/c14-11(8-18-9-3-6-17-7-4-9)13-5-1-2-10(13)12(15)16/h9-10H,1-8H2,(H,15,16). The number of aliphatic carboxylic acids is 1. The molecule has 2 aliphatic heterocycles. The fourth-order valence-corrected chi connectivity index (χ4v) is 2.44. The summed E-state index contributed by atoms with van der Waals surface area (Å²) in [6, 6.07) is -0.671. The molecule has 0 radical (unpaired) electrons. The van der Waals surface area contributed by atoms with E-state index in [0.29, 0.717) is 26.2 Å². The number of hydrogen-bond donors (Lipinski definition) is 1. The molecule has 1 atom stereocenters. The van der Waals surface area contributed by atoms with Crippen LogP contribution < -0.4 is 0 Å². The Hall–Kier alpha value is -1.14. The quantitative estimate of drug-likeness (QED) is 0.781. The summed E-state index contributed by atoms with van der Waals surface area (Å²) < 4.78 is 10.7. The second-order valence-corrected chi connectivity index (χ2v) is 4.71. The van der Waals surface area contributed by atoms with Gasteiger partial charge in [-0.15, -0.1) is 0 Å². The molecule has 1 amide bonds. The number of ether oxygens (including phenoxy) is 2. The molecular formula is C12H19NO5. The molecule has 6 heteroatoms. The van der Waals surface area contributed by atoms with Gasteiger partial charge in [0.05, 0.1) is 6.10 Å². The van der Waals surface area contributed by atoms with Crippen molar-refractivity contribution in [3.05, 3.63) is 0 Å². The molecule has 0 bridgehead atoms. The Morgan fingerprint density at radius 2 is 2.00 bits per heavy atom. The van der Waals surface area contributed by atoms with Crippen molar-refractivity contribution in [1.82, 2.24) is 4.90 Å². The first-order chi connectivity index (χ1) is 8.68. The lowest BCUT2D eigenvalue weighted by Gasteiger charge is -2.25. The number of hydrogen-bond acceptors (Lipinski definition) is 4. The van der Waals surface area contributed by atoms with Gasteiger partial charge in [0.25, 0.3) is 0 Å². The third-order valence-electron chi connectivity index (χ3n) is 3.47. The second kappa shape index (κ2) is 6.15. The highest BCUT2D eigenvalue weighted by atomic mass is 16.5. The minimum Gasteiger partial charge on any atom is -0.480 e. The number of carbonyl (C=O) groups excluding carboxylic acids is 1. The van der Waals surface area contributed by atoms with Crippen molar-refractivity contribution in [2.24, 2.45) is 0 Å². The molecule has 0 aromatic carbocycles. The van der Waals surface area contributed by atoms with Crippen molar-refractivity contribution in [3.8, 4) is 0 Å². The molecule has 1 N–H and O–H groups in total. The van der Waals surface area contributed by atoms with Gasteiger partial charge in [-0.05, 0) is 25.7 Å². The van der Waals surface area contributed by atoms with E-state index in [1.807, 2.05) is 0 Å². The van der Waals surface area contributed by atoms with E-state index in [1.54, 1.807) is 0 Å². The van der Waals surface area contributed by atoms with Crippen LogP contribution in [0.15, 0.2) is 0 Å². The van der Waals surface area contributed by atoms with Crippen molar-refractivity contribution in [1.29, 1.82) is 0 Å². The maximum atomic E-state index is 11.9. The zero-order valence-corrected chi connectivity index (χ0v) is 10.3. The molecule has 18 heavy (non-hydrogen) atoms. The summed E-state index contributed by atoms with van der Waals surface area (Å²) in [5.74, 6) is -1.14. The van der Waals surface area contributed by atoms with Gasteiger partial charge in [-0.2, -0.15) is 0 Å². The van der Waals surface area contributed by atoms with Crippen molar-refractivity contribution >= 4 is 11.9 Å². The molecule has 0 spiro atoms. The largest absolute Gasteiger partial charge is 0.480 e. The fourth-order valence-electron chi connectivity index (χ4n) is 2.44. The first-order valence-corrected chi connectivity index (χ1v) is 6.40. The van der Waals surface area contributed by atoms with E-state index in [9.17, 15) is 9.59 Å². The van der Waals surface area contributed by atoms with Crippen LogP contribution in [0.25, 0.3) is 0 Å². The SMILES string of the molecule is O=C(O)C1CCCN1C(=O)COC1CCOCC1. The number of carboxylic acid groups (broad SMARTS) is 1. The lowest BCUT2D eigenvalue weighted by molar-refractivity contribution is -0.151. The maximum absolute atomic E-state index is 11.9. The molecule has 6 nitrogen and oxygen atoms in total. The molecule has 2 heterocycles. The Kier molecular flexibility index (Phi) is 4.54. The number of likely N-dealkylation sites (tertiary alicyclic amines) is 1. The highest BCUT2D eigenvalue weighted by Crippen LogP contribution is 2.18. The predicted octanol–water partition coefficient (Wildman–Crippen LogP) is 0.258. The van der Waals surface area contributed by atoms with E-state index in [2.05, 4.69) is 0 Å². The van der Waals surface area contributed by atoms with Gasteiger partial charge in [0.15, 0.2) is 0 Å². The van der Waals surface area contributed by atoms with Gasteiger partial charge in [0.1, 0.15) is 12.6 Å². The lowest BCUT2D eigenvalue weighted by Crippen LogP contribution is -2.43. The van der Waals surface area contributed by atoms with Crippen LogP contribution in [0, 0.1) is 0 Å². The van der Waals surface area contributed by atoms with Crippen molar-refractivity contribution in [2.75, 3.05) is 26.4 Å². The maximum Gasteiger partial charge on any atom is 0.326 e. The zero-order chi connectivity index (χ0) is 13.0. The van der Waals surface area contributed by atoms with E-state index in [1.165, 1.54) is 4.90 Å². The molecule has 0 aromatic rings. The average molecular weight is 257 g/mol. The van der Waals surface area contributed by atoms with Gasteiger partial charge in [-0.25, -0.2) is 4.79 Å². The number of nitrogens with zero attached hydrogens (tertiary/aromatic N) is 1.